The van der Waals surface area contributed by atoms with E-state index < -0.39 is 70.7 Å². The SMILES string of the molecule is CC[C@@]1(O)C(=O)OCc2c1cc1n(c2=O)Cc2c-1nc1ccc(NC(=O)CNC(=O)[C@H](Cc3ccccc3)NC(=O)CNC(=O)CNC(=O)CCCCCNC(=O)c3ccc4nc(S(C)(=O)=O)sc4c3)c3c1c2CCO3. The summed E-state index contributed by atoms with van der Waals surface area (Å²) < 4.78 is 37.1. The first kappa shape index (κ1) is 52.8. The monoisotopic (exact) mass is 1080 g/mol. The van der Waals surface area contributed by atoms with Crippen LogP contribution in [0.2, 0.25) is 0 Å². The number of cyclic esters (lactones) is 1. The summed E-state index contributed by atoms with van der Waals surface area (Å²) in [6, 6.07) is 17.5. The van der Waals surface area contributed by atoms with Crippen LogP contribution in [0.15, 0.2) is 75.9 Å². The van der Waals surface area contributed by atoms with Gasteiger partial charge in [0, 0.05) is 54.1 Å². The van der Waals surface area contributed by atoms with Gasteiger partial charge in [-0.25, -0.2) is 23.2 Å². The summed E-state index contributed by atoms with van der Waals surface area (Å²) in [5.74, 6) is -3.77. The van der Waals surface area contributed by atoms with Crippen molar-refractivity contribution in [2.24, 2.45) is 0 Å². The average molecular weight is 1080 g/mol. The number of hydrogen-bond acceptors (Lipinski definition) is 16. The summed E-state index contributed by atoms with van der Waals surface area (Å²) in [5, 5.41) is 27.7. The lowest BCUT2D eigenvalue weighted by Crippen LogP contribution is -2.52. The summed E-state index contributed by atoms with van der Waals surface area (Å²) in [6.45, 7) is 0.780. The standard InChI is InChI=1S/C52H53N9O13S2/c1-3-52(70)33-22-38-45-31(26-61(38)49(68)32(33)27-74-50(52)69)30-17-19-73-46-36(16-15-35(59-45)44(30)46)57-43(65)25-56-48(67)37(20-28-10-6-4-7-11-28)58-42(64)24-55-41(63)23-54-40(62)12-8-5-9-18-53-47(66)29-13-14-34-39(21-29)75-51(60-34)76(2,71)72/h4,6-7,10-11,13-16,21-22,37,70H,3,5,8-9,12,17-20,23-27H2,1-2H3,(H,53,66)(H,54,62)(H,55,63)(H,56,67)(H,57,65)(H,58,64)/t37-,52-/m0/s1. The number of thiazole rings is 1. The maximum absolute atomic E-state index is 13.8. The Labute approximate surface area is 438 Å². The van der Waals surface area contributed by atoms with Gasteiger partial charge in [0.2, 0.25) is 43.7 Å². The lowest BCUT2D eigenvalue weighted by atomic mass is 9.86. The number of nitrogens with one attached hydrogen (secondary N) is 6. The van der Waals surface area contributed by atoms with E-state index in [1.165, 1.54) is 0 Å². The summed E-state index contributed by atoms with van der Waals surface area (Å²) >= 11 is 0.993. The van der Waals surface area contributed by atoms with E-state index in [4.69, 9.17) is 14.5 Å². The second-order valence-electron chi connectivity index (χ2n) is 18.6. The number of carbonyl (C=O) groups excluding carboxylic acids is 7. The lowest BCUT2D eigenvalue weighted by Gasteiger charge is -2.31. The van der Waals surface area contributed by atoms with Gasteiger partial charge in [-0.15, -0.1) is 11.3 Å². The minimum atomic E-state index is -3.47. The number of sulfone groups is 1. The molecule has 6 aromatic rings. The Morgan fingerprint density at radius 3 is 2.34 bits per heavy atom. The Kier molecular flexibility index (Phi) is 15.3. The third-order valence-corrected chi connectivity index (χ3v) is 16.1. The van der Waals surface area contributed by atoms with Crippen LogP contribution in [0.1, 0.15) is 77.2 Å². The Morgan fingerprint density at radius 2 is 1.57 bits per heavy atom. The zero-order chi connectivity index (χ0) is 53.9. The molecule has 0 saturated carbocycles. The van der Waals surface area contributed by atoms with Crippen LogP contribution in [0, 0.1) is 0 Å². The largest absolute Gasteiger partial charge is 0.490 e. The highest BCUT2D eigenvalue weighted by atomic mass is 32.2. The van der Waals surface area contributed by atoms with Gasteiger partial charge in [-0.2, -0.15) is 0 Å². The van der Waals surface area contributed by atoms with Gasteiger partial charge >= 0.3 is 5.97 Å². The summed E-state index contributed by atoms with van der Waals surface area (Å²) in [5.41, 5.74) is 3.13. The number of unbranched alkanes of at least 4 members (excludes halogenated alkanes) is 2. The normalized spacial score (nSPS) is 15.5. The molecule has 0 unspecified atom stereocenters. The molecule has 0 radical (unpaired) electrons. The van der Waals surface area contributed by atoms with E-state index in [1.807, 2.05) is 0 Å². The maximum atomic E-state index is 13.8. The molecule has 22 nitrogen and oxygen atoms in total. The van der Waals surface area contributed by atoms with Gasteiger partial charge in [0.15, 0.2) is 11.4 Å². The van der Waals surface area contributed by atoms with Gasteiger partial charge in [-0.1, -0.05) is 43.7 Å². The Morgan fingerprint density at radius 1 is 0.816 bits per heavy atom. The van der Waals surface area contributed by atoms with Gasteiger partial charge in [-0.05, 0) is 66.8 Å². The number of esters is 1. The Bertz CT molecular complexity index is 3550. The molecule has 3 aliphatic heterocycles. The molecule has 7 N–H and O–H groups in total. The van der Waals surface area contributed by atoms with E-state index in [0.29, 0.717) is 87.3 Å². The van der Waals surface area contributed by atoms with Crippen molar-refractivity contribution in [3.63, 3.8) is 0 Å². The number of hydrogen-bond donors (Lipinski definition) is 7. The van der Waals surface area contributed by atoms with Crippen LogP contribution < -0.4 is 42.2 Å². The predicted molar refractivity (Wildman–Crippen MR) is 277 cm³/mol. The van der Waals surface area contributed by atoms with Crippen LogP contribution in [0.25, 0.3) is 32.5 Å². The van der Waals surface area contributed by atoms with Crippen molar-refractivity contribution in [2.75, 3.05) is 44.4 Å². The van der Waals surface area contributed by atoms with E-state index in [9.17, 15) is 51.9 Å². The molecule has 76 heavy (non-hydrogen) atoms. The number of carbonyl (C=O) groups is 7. The van der Waals surface area contributed by atoms with Gasteiger partial charge in [0.05, 0.1) is 71.2 Å². The number of ether oxygens (including phenoxy) is 2. The summed E-state index contributed by atoms with van der Waals surface area (Å²) in [7, 11) is -3.47. The Balaban J connectivity index is 0.736. The molecule has 3 aromatic heterocycles. The number of anilines is 1. The second-order valence-corrected chi connectivity index (χ2v) is 21.8. The third kappa shape index (κ3) is 11.1. The molecule has 0 aliphatic carbocycles. The smallest absolute Gasteiger partial charge is 0.343 e. The van der Waals surface area contributed by atoms with Crippen molar-refractivity contribution in [3.8, 4) is 17.1 Å². The molecule has 396 valence electrons. The Hall–Kier alpha value is -8.09. The molecule has 6 amide bonds. The minimum absolute atomic E-state index is 0.0106. The number of rotatable bonds is 20. The molecule has 3 aromatic carbocycles. The molecule has 2 atom stereocenters. The number of nitrogens with zero attached hydrogens (tertiary/aromatic N) is 3. The number of amides is 6. The first-order valence-corrected chi connectivity index (χ1v) is 27.2. The number of aromatic nitrogens is 3. The topological polar surface area (TPSA) is 312 Å². The lowest BCUT2D eigenvalue weighted by molar-refractivity contribution is -0.172. The maximum Gasteiger partial charge on any atom is 0.343 e. The van der Waals surface area contributed by atoms with Crippen LogP contribution in [-0.2, 0) is 74.9 Å². The fourth-order valence-electron chi connectivity index (χ4n) is 9.40. The van der Waals surface area contributed by atoms with Crippen molar-refractivity contribution in [3.05, 3.63) is 110 Å². The number of pyridine rings is 2. The first-order valence-electron chi connectivity index (χ1n) is 24.5. The van der Waals surface area contributed by atoms with Crippen LogP contribution in [0.5, 0.6) is 5.75 Å². The molecule has 6 heterocycles. The number of benzene rings is 3. The fourth-order valence-corrected chi connectivity index (χ4v) is 11.3. The summed E-state index contributed by atoms with van der Waals surface area (Å²) in [6.07, 6.45) is 3.41. The van der Waals surface area contributed by atoms with Crippen LogP contribution in [0.3, 0.4) is 0 Å². The van der Waals surface area contributed by atoms with Gasteiger partial charge in [0.1, 0.15) is 12.6 Å². The average Bonchev–Trinajstić information content (AvgIpc) is 4.03. The number of aliphatic hydroxyl groups is 1. The van der Waals surface area contributed by atoms with Gasteiger partial charge in [-0.3, -0.25) is 33.6 Å². The molecule has 0 spiro atoms. The van der Waals surface area contributed by atoms with Crippen molar-refractivity contribution >= 4 is 89.4 Å². The molecule has 9 rings (SSSR count). The highest BCUT2D eigenvalue weighted by molar-refractivity contribution is 7.92. The second kappa shape index (κ2) is 22.0. The van der Waals surface area contributed by atoms with Gasteiger partial charge < -0.3 is 51.0 Å². The zero-order valence-electron chi connectivity index (χ0n) is 41.3. The van der Waals surface area contributed by atoms with E-state index >= 15 is 0 Å². The quantitative estimate of drug-likeness (QED) is 0.0424. The highest BCUT2D eigenvalue weighted by Crippen LogP contribution is 2.45. The first-order chi connectivity index (χ1) is 36.4. The van der Waals surface area contributed by atoms with E-state index in [2.05, 4.69) is 36.9 Å². The predicted octanol–water partition coefficient (Wildman–Crippen LogP) is 2.03. The van der Waals surface area contributed by atoms with Crippen LogP contribution in [0.4, 0.5) is 5.69 Å². The van der Waals surface area contributed by atoms with Crippen molar-refractivity contribution < 1.29 is 56.6 Å². The zero-order valence-corrected chi connectivity index (χ0v) is 43.0. The van der Waals surface area contributed by atoms with Crippen LogP contribution in [-0.4, -0.2) is 115 Å². The molecule has 0 bridgehead atoms. The van der Waals surface area contributed by atoms with E-state index in [-0.39, 0.29) is 71.9 Å². The van der Waals surface area contributed by atoms with E-state index in [0.717, 1.165) is 28.7 Å². The molecule has 0 fully saturated rings. The van der Waals surface area contributed by atoms with Crippen LogP contribution >= 0.6 is 11.3 Å². The molecular weight excluding hydrogens is 1020 g/mol. The molecule has 0 saturated heterocycles. The molecular formula is C52H53N9O13S2. The van der Waals surface area contributed by atoms with Gasteiger partial charge in [0.25, 0.3) is 11.5 Å². The van der Waals surface area contributed by atoms with Crippen molar-refractivity contribution in [1.82, 2.24) is 41.1 Å². The third-order valence-electron chi connectivity index (χ3n) is 13.4. The van der Waals surface area contributed by atoms with E-state index in [1.54, 1.807) is 78.2 Å². The highest BCUT2D eigenvalue weighted by Gasteiger charge is 2.46. The van der Waals surface area contributed by atoms with Crippen molar-refractivity contribution in [1.29, 1.82) is 0 Å². The fraction of sp³-hybridized carbons (Fsp3) is 0.346. The van der Waals surface area contributed by atoms with Crippen molar-refractivity contribution in [2.45, 2.75) is 81.0 Å². The summed E-state index contributed by atoms with van der Waals surface area (Å²) in [4.78, 5) is 113. The molecule has 24 heteroatoms. The molecule has 3 aliphatic rings. The minimum Gasteiger partial charge on any atom is -0.490 e. The number of fused-ring (bicyclic) bond motifs is 6.